The molecule has 0 radical (unpaired) electrons. The van der Waals surface area contributed by atoms with Gasteiger partial charge in [-0.2, -0.15) is 0 Å². The fourth-order valence-corrected chi connectivity index (χ4v) is 3.91. The van der Waals surface area contributed by atoms with Gasteiger partial charge in [0.15, 0.2) is 0 Å². The number of aromatic nitrogens is 1. The van der Waals surface area contributed by atoms with Gasteiger partial charge in [0, 0.05) is 18.0 Å². The van der Waals surface area contributed by atoms with Crippen LogP contribution in [0.2, 0.25) is 0 Å². The van der Waals surface area contributed by atoms with E-state index in [4.69, 9.17) is 4.98 Å². The SMILES string of the molecule is Cc1cc2ccccc2nc1SCC(=O)N1CCCCC1C. The van der Waals surface area contributed by atoms with Gasteiger partial charge in [-0.3, -0.25) is 4.79 Å². The van der Waals surface area contributed by atoms with Crippen LogP contribution in [0.3, 0.4) is 0 Å². The van der Waals surface area contributed by atoms with Gasteiger partial charge in [-0.05, 0) is 50.8 Å². The zero-order chi connectivity index (χ0) is 15.5. The number of hydrogen-bond donors (Lipinski definition) is 0. The van der Waals surface area contributed by atoms with E-state index in [2.05, 4.69) is 26.0 Å². The van der Waals surface area contributed by atoms with Gasteiger partial charge in [-0.1, -0.05) is 30.0 Å². The molecule has 0 N–H and O–H groups in total. The van der Waals surface area contributed by atoms with Gasteiger partial charge in [0.2, 0.25) is 5.91 Å². The first-order valence-corrected chi connectivity index (χ1v) is 8.92. The van der Waals surface area contributed by atoms with Crippen molar-refractivity contribution in [2.45, 2.75) is 44.2 Å². The number of likely N-dealkylation sites (tertiary alicyclic amines) is 1. The van der Waals surface area contributed by atoms with E-state index in [1.165, 1.54) is 6.42 Å². The number of fused-ring (bicyclic) bond motifs is 1. The summed E-state index contributed by atoms with van der Waals surface area (Å²) in [5.41, 5.74) is 2.14. The van der Waals surface area contributed by atoms with Crippen molar-refractivity contribution in [1.82, 2.24) is 9.88 Å². The lowest BCUT2D eigenvalue weighted by molar-refractivity contribution is -0.131. The van der Waals surface area contributed by atoms with E-state index < -0.39 is 0 Å². The van der Waals surface area contributed by atoms with Crippen LogP contribution in [0.5, 0.6) is 0 Å². The summed E-state index contributed by atoms with van der Waals surface area (Å²) < 4.78 is 0. The Hall–Kier alpha value is -1.55. The largest absolute Gasteiger partial charge is 0.339 e. The van der Waals surface area contributed by atoms with Crippen molar-refractivity contribution in [3.8, 4) is 0 Å². The fraction of sp³-hybridized carbons (Fsp3) is 0.444. The molecule has 1 aliphatic rings. The number of pyridine rings is 1. The Bertz CT molecular complexity index is 686. The Morgan fingerprint density at radius 2 is 2.18 bits per heavy atom. The van der Waals surface area contributed by atoms with Crippen LogP contribution in [0, 0.1) is 6.92 Å². The van der Waals surface area contributed by atoms with Crippen molar-refractivity contribution in [3.05, 3.63) is 35.9 Å². The number of hydrogen-bond acceptors (Lipinski definition) is 3. The molecule has 0 saturated carbocycles. The minimum Gasteiger partial charge on any atom is -0.339 e. The van der Waals surface area contributed by atoms with Gasteiger partial charge in [-0.15, -0.1) is 0 Å². The maximum Gasteiger partial charge on any atom is 0.233 e. The van der Waals surface area contributed by atoms with Gasteiger partial charge >= 0.3 is 0 Å². The number of amides is 1. The predicted molar refractivity (Wildman–Crippen MR) is 92.2 cm³/mol. The van der Waals surface area contributed by atoms with Crippen molar-refractivity contribution in [3.63, 3.8) is 0 Å². The van der Waals surface area contributed by atoms with Crippen LogP contribution >= 0.6 is 11.8 Å². The molecule has 0 spiro atoms. The molecule has 1 fully saturated rings. The van der Waals surface area contributed by atoms with Crippen LogP contribution in [0.25, 0.3) is 10.9 Å². The maximum absolute atomic E-state index is 12.4. The third kappa shape index (κ3) is 3.27. The van der Waals surface area contributed by atoms with Gasteiger partial charge in [0.1, 0.15) is 5.03 Å². The molecule has 1 aliphatic heterocycles. The topological polar surface area (TPSA) is 33.2 Å². The molecular weight excluding hydrogens is 292 g/mol. The monoisotopic (exact) mass is 314 g/mol. The lowest BCUT2D eigenvalue weighted by Gasteiger charge is -2.33. The van der Waals surface area contributed by atoms with E-state index in [9.17, 15) is 4.79 Å². The molecule has 1 amide bonds. The molecule has 1 saturated heterocycles. The summed E-state index contributed by atoms with van der Waals surface area (Å²) in [6, 6.07) is 10.7. The molecule has 22 heavy (non-hydrogen) atoms. The zero-order valence-electron chi connectivity index (χ0n) is 13.2. The Morgan fingerprint density at radius 3 is 3.00 bits per heavy atom. The molecular formula is C18H22N2OS. The first-order chi connectivity index (χ1) is 10.6. The third-order valence-electron chi connectivity index (χ3n) is 4.32. The Kier molecular flexibility index (Phi) is 4.67. The van der Waals surface area contributed by atoms with Crippen molar-refractivity contribution in [2.24, 2.45) is 0 Å². The highest BCUT2D eigenvalue weighted by atomic mass is 32.2. The lowest BCUT2D eigenvalue weighted by Crippen LogP contribution is -2.42. The van der Waals surface area contributed by atoms with Crippen LogP contribution in [-0.4, -0.2) is 34.1 Å². The van der Waals surface area contributed by atoms with Gasteiger partial charge in [-0.25, -0.2) is 4.98 Å². The molecule has 1 aromatic heterocycles. The fourth-order valence-electron chi connectivity index (χ4n) is 3.03. The summed E-state index contributed by atoms with van der Waals surface area (Å²) in [7, 11) is 0. The first-order valence-electron chi connectivity index (χ1n) is 7.94. The molecule has 3 nitrogen and oxygen atoms in total. The van der Waals surface area contributed by atoms with E-state index in [0.29, 0.717) is 11.8 Å². The van der Waals surface area contributed by atoms with Crippen LogP contribution in [0.15, 0.2) is 35.4 Å². The standard InChI is InChI=1S/C18H22N2OS/c1-13-11-15-8-3-4-9-16(15)19-18(13)22-12-17(21)20-10-6-5-7-14(20)2/h3-4,8-9,11,14H,5-7,10,12H2,1-2H3. The molecule has 1 unspecified atom stereocenters. The minimum atomic E-state index is 0.242. The van der Waals surface area contributed by atoms with Crippen molar-refractivity contribution < 1.29 is 4.79 Å². The molecule has 1 aromatic carbocycles. The number of carbonyl (C=O) groups excluding carboxylic acids is 1. The van der Waals surface area contributed by atoms with Gasteiger partial charge in [0.25, 0.3) is 0 Å². The van der Waals surface area contributed by atoms with E-state index in [-0.39, 0.29) is 5.91 Å². The lowest BCUT2D eigenvalue weighted by atomic mass is 10.0. The molecule has 0 aliphatic carbocycles. The Labute approximate surface area is 136 Å². The molecule has 116 valence electrons. The van der Waals surface area contributed by atoms with Crippen LogP contribution in [0.4, 0.5) is 0 Å². The summed E-state index contributed by atoms with van der Waals surface area (Å²) >= 11 is 1.56. The number of benzene rings is 1. The average Bonchev–Trinajstić information content (AvgIpc) is 2.53. The highest BCUT2D eigenvalue weighted by molar-refractivity contribution is 7.99. The highest BCUT2D eigenvalue weighted by Crippen LogP contribution is 2.25. The number of carbonyl (C=O) groups is 1. The molecule has 4 heteroatoms. The average molecular weight is 314 g/mol. The summed E-state index contributed by atoms with van der Waals surface area (Å²) in [5.74, 6) is 0.725. The number of thioether (sulfide) groups is 1. The van der Waals surface area contributed by atoms with E-state index >= 15 is 0 Å². The van der Waals surface area contributed by atoms with Crippen LogP contribution < -0.4 is 0 Å². The number of rotatable bonds is 3. The number of piperidine rings is 1. The molecule has 2 heterocycles. The summed E-state index contributed by atoms with van der Waals surface area (Å²) in [4.78, 5) is 19.2. The highest BCUT2D eigenvalue weighted by Gasteiger charge is 2.23. The second-order valence-electron chi connectivity index (χ2n) is 6.02. The van der Waals surface area contributed by atoms with E-state index in [1.807, 2.05) is 23.1 Å². The minimum absolute atomic E-state index is 0.242. The molecule has 1 atom stereocenters. The van der Waals surface area contributed by atoms with E-state index in [1.54, 1.807) is 11.8 Å². The predicted octanol–water partition coefficient (Wildman–Crippen LogP) is 4.04. The number of aryl methyl sites for hydroxylation is 1. The summed E-state index contributed by atoms with van der Waals surface area (Å²) in [6.07, 6.45) is 3.50. The van der Waals surface area contributed by atoms with Gasteiger partial charge in [0.05, 0.1) is 11.3 Å². The smallest absolute Gasteiger partial charge is 0.233 e. The van der Waals surface area contributed by atoms with Crippen molar-refractivity contribution in [1.29, 1.82) is 0 Å². The van der Waals surface area contributed by atoms with Crippen LogP contribution in [-0.2, 0) is 4.79 Å². The van der Waals surface area contributed by atoms with Crippen LogP contribution in [0.1, 0.15) is 31.7 Å². The van der Waals surface area contributed by atoms with Gasteiger partial charge < -0.3 is 4.90 Å². The molecule has 0 bridgehead atoms. The number of nitrogens with zero attached hydrogens (tertiary/aromatic N) is 2. The quantitative estimate of drug-likeness (QED) is 0.802. The normalized spacial score (nSPS) is 18.6. The molecule has 2 aromatic rings. The second-order valence-corrected chi connectivity index (χ2v) is 6.99. The van der Waals surface area contributed by atoms with Crippen molar-refractivity contribution in [2.75, 3.05) is 12.3 Å². The Morgan fingerprint density at radius 1 is 1.36 bits per heavy atom. The first kappa shape index (κ1) is 15.3. The van der Waals surface area contributed by atoms with E-state index in [0.717, 1.165) is 40.9 Å². The maximum atomic E-state index is 12.4. The van der Waals surface area contributed by atoms with Crippen molar-refractivity contribution >= 4 is 28.6 Å². The third-order valence-corrected chi connectivity index (χ3v) is 5.40. The molecule has 3 rings (SSSR count). The summed E-state index contributed by atoms with van der Waals surface area (Å²) in [5, 5.41) is 2.12. The zero-order valence-corrected chi connectivity index (χ0v) is 14.0. The Balaban J connectivity index is 1.70. The number of para-hydroxylation sites is 1. The summed E-state index contributed by atoms with van der Waals surface area (Å²) in [6.45, 7) is 5.13. The second kappa shape index (κ2) is 6.69.